The summed E-state index contributed by atoms with van der Waals surface area (Å²) in [5.41, 5.74) is 0. The summed E-state index contributed by atoms with van der Waals surface area (Å²) in [6.45, 7) is 0. The van der Waals surface area contributed by atoms with E-state index in [2.05, 4.69) is 0 Å². The van der Waals surface area contributed by atoms with E-state index in [4.69, 9.17) is 10.2 Å². The summed E-state index contributed by atoms with van der Waals surface area (Å²) in [5, 5.41) is 17.5. The Morgan fingerprint density at radius 1 is 1.14 bits per heavy atom. The van der Waals surface area contributed by atoms with Gasteiger partial charge in [-0.15, -0.1) is 0 Å². The van der Waals surface area contributed by atoms with Crippen LogP contribution in [0.2, 0.25) is 0 Å². The minimum absolute atomic E-state index is 0.468. The summed E-state index contributed by atoms with van der Waals surface area (Å²) >= 11 is 1.59. The van der Waals surface area contributed by atoms with Gasteiger partial charge in [0.2, 0.25) is 0 Å². The van der Waals surface area contributed by atoms with Gasteiger partial charge in [0.05, 0.1) is 12.2 Å². The van der Waals surface area contributed by atoms with E-state index in [1.807, 2.05) is 0 Å². The van der Waals surface area contributed by atoms with Crippen LogP contribution < -0.4 is 0 Å². The Morgan fingerprint density at radius 3 is 1.71 bits per heavy atom. The Bertz CT molecular complexity index is 58.7. The zero-order valence-electron chi connectivity index (χ0n) is 3.87. The predicted molar refractivity (Wildman–Crippen MR) is 29.3 cm³/mol. The monoisotopic (exact) mass is 120 g/mol. The normalized spacial score (nSPS) is 42.0. The van der Waals surface area contributed by atoms with E-state index >= 15 is 0 Å². The molecule has 0 aromatic heterocycles. The van der Waals surface area contributed by atoms with E-state index < -0.39 is 12.2 Å². The first kappa shape index (κ1) is 5.41. The van der Waals surface area contributed by atoms with E-state index in [0.717, 1.165) is 0 Å². The first-order valence-electron chi connectivity index (χ1n) is 2.24. The van der Waals surface area contributed by atoms with E-state index in [-0.39, 0.29) is 0 Å². The van der Waals surface area contributed by atoms with Gasteiger partial charge in [0.15, 0.2) is 0 Å². The fraction of sp³-hybridized carbons (Fsp3) is 1.00. The van der Waals surface area contributed by atoms with E-state index in [1.165, 1.54) is 0 Å². The van der Waals surface area contributed by atoms with Gasteiger partial charge in [-0.3, -0.25) is 0 Å². The van der Waals surface area contributed by atoms with Crippen molar-refractivity contribution >= 4 is 11.8 Å². The molecule has 1 saturated heterocycles. The molecule has 3 heteroatoms. The van der Waals surface area contributed by atoms with Crippen LogP contribution in [0.4, 0.5) is 0 Å². The molecule has 1 fully saturated rings. The lowest BCUT2D eigenvalue weighted by molar-refractivity contribution is 0.0572. The number of rotatable bonds is 0. The zero-order chi connectivity index (χ0) is 5.28. The van der Waals surface area contributed by atoms with Gasteiger partial charge in [0.1, 0.15) is 0 Å². The van der Waals surface area contributed by atoms with Crippen molar-refractivity contribution in [2.45, 2.75) is 12.2 Å². The minimum Gasteiger partial charge on any atom is -0.390 e. The van der Waals surface area contributed by atoms with Crippen LogP contribution in [-0.4, -0.2) is 33.9 Å². The molecule has 2 atom stereocenters. The van der Waals surface area contributed by atoms with Gasteiger partial charge in [-0.05, 0) is 0 Å². The quantitative estimate of drug-likeness (QED) is 0.451. The van der Waals surface area contributed by atoms with Crippen LogP contribution in [0.15, 0.2) is 0 Å². The highest BCUT2D eigenvalue weighted by atomic mass is 32.2. The van der Waals surface area contributed by atoms with Crippen LogP contribution >= 0.6 is 11.8 Å². The van der Waals surface area contributed by atoms with Crippen molar-refractivity contribution in [1.29, 1.82) is 0 Å². The van der Waals surface area contributed by atoms with Crippen molar-refractivity contribution in [3.8, 4) is 0 Å². The van der Waals surface area contributed by atoms with E-state index in [0.29, 0.717) is 11.5 Å². The Balaban J connectivity index is 2.33. The summed E-state index contributed by atoms with van der Waals surface area (Å²) in [5.74, 6) is 1.39. The number of hydrogen-bond acceptors (Lipinski definition) is 3. The minimum atomic E-state index is -0.468. The predicted octanol–water partition coefficient (Wildman–Crippen LogP) is -0.545. The average Bonchev–Trinajstić information content (AvgIpc) is 1.91. The highest BCUT2D eigenvalue weighted by Gasteiger charge is 2.22. The maximum atomic E-state index is 8.73. The molecule has 1 rings (SSSR count). The molecule has 2 nitrogen and oxygen atoms in total. The third kappa shape index (κ3) is 1.08. The van der Waals surface area contributed by atoms with Crippen LogP contribution in [0, 0.1) is 0 Å². The van der Waals surface area contributed by atoms with Crippen LogP contribution in [0.5, 0.6) is 0 Å². The van der Waals surface area contributed by atoms with Crippen LogP contribution in [0.25, 0.3) is 0 Å². The molecule has 1 aliphatic heterocycles. The molecule has 0 saturated carbocycles. The van der Waals surface area contributed by atoms with E-state index in [9.17, 15) is 0 Å². The van der Waals surface area contributed by atoms with Crippen LogP contribution in [-0.2, 0) is 0 Å². The largest absolute Gasteiger partial charge is 0.390 e. The highest BCUT2D eigenvalue weighted by Crippen LogP contribution is 2.16. The second-order valence-corrected chi connectivity index (χ2v) is 2.75. The lowest BCUT2D eigenvalue weighted by Crippen LogP contribution is -2.22. The first-order chi connectivity index (χ1) is 3.30. The van der Waals surface area contributed by atoms with Crippen molar-refractivity contribution in [2.24, 2.45) is 0 Å². The topological polar surface area (TPSA) is 40.5 Å². The number of aliphatic hydroxyl groups is 2. The average molecular weight is 120 g/mol. The summed E-state index contributed by atoms with van der Waals surface area (Å²) in [6, 6.07) is 0. The molecule has 0 radical (unpaired) electrons. The summed E-state index contributed by atoms with van der Waals surface area (Å²) in [6.07, 6.45) is -0.935. The van der Waals surface area contributed by atoms with Gasteiger partial charge in [0.25, 0.3) is 0 Å². The molecule has 0 aromatic rings. The van der Waals surface area contributed by atoms with E-state index in [1.54, 1.807) is 11.8 Å². The molecule has 1 aliphatic rings. The number of aliphatic hydroxyl groups excluding tert-OH is 2. The molecule has 0 aromatic carbocycles. The SMILES string of the molecule is O[C@H]1CSC[C@@H]1O. The maximum Gasteiger partial charge on any atom is 0.0897 e. The Morgan fingerprint density at radius 2 is 1.57 bits per heavy atom. The van der Waals surface area contributed by atoms with Crippen LogP contribution in [0.1, 0.15) is 0 Å². The molecular weight excluding hydrogens is 112 g/mol. The molecule has 1 heterocycles. The second-order valence-electron chi connectivity index (χ2n) is 1.67. The van der Waals surface area contributed by atoms with Crippen LogP contribution in [0.3, 0.4) is 0 Å². The Hall–Kier alpha value is 0.270. The van der Waals surface area contributed by atoms with Crippen molar-refractivity contribution in [3.63, 3.8) is 0 Å². The zero-order valence-corrected chi connectivity index (χ0v) is 4.69. The molecule has 42 valence electrons. The van der Waals surface area contributed by atoms with Gasteiger partial charge in [-0.1, -0.05) is 0 Å². The van der Waals surface area contributed by atoms with Gasteiger partial charge >= 0.3 is 0 Å². The smallest absolute Gasteiger partial charge is 0.0897 e. The molecular formula is C4H8O2S. The van der Waals surface area contributed by atoms with Crippen molar-refractivity contribution in [3.05, 3.63) is 0 Å². The third-order valence-electron chi connectivity index (χ3n) is 1.02. The van der Waals surface area contributed by atoms with Gasteiger partial charge in [-0.25, -0.2) is 0 Å². The molecule has 7 heavy (non-hydrogen) atoms. The standard InChI is InChI=1S/C4H8O2S/c5-3-1-7-2-4(3)6/h3-6H,1-2H2/t3-,4-/m0/s1. The lowest BCUT2D eigenvalue weighted by Gasteiger charge is -2.01. The lowest BCUT2D eigenvalue weighted by atomic mass is 10.3. The van der Waals surface area contributed by atoms with Crippen molar-refractivity contribution in [2.75, 3.05) is 11.5 Å². The second kappa shape index (κ2) is 2.03. The fourth-order valence-electron chi connectivity index (χ4n) is 0.532. The first-order valence-corrected chi connectivity index (χ1v) is 3.40. The van der Waals surface area contributed by atoms with Crippen molar-refractivity contribution < 1.29 is 10.2 Å². The molecule has 0 amide bonds. The Labute approximate surface area is 46.5 Å². The van der Waals surface area contributed by atoms with Gasteiger partial charge in [0, 0.05) is 11.5 Å². The highest BCUT2D eigenvalue weighted by molar-refractivity contribution is 7.99. The maximum absolute atomic E-state index is 8.73. The molecule has 0 spiro atoms. The molecule has 0 bridgehead atoms. The van der Waals surface area contributed by atoms with Gasteiger partial charge in [-0.2, -0.15) is 11.8 Å². The molecule has 0 unspecified atom stereocenters. The summed E-state index contributed by atoms with van der Waals surface area (Å²) in [4.78, 5) is 0. The molecule has 0 aliphatic carbocycles. The fourth-order valence-corrected chi connectivity index (χ4v) is 1.60. The Kier molecular flexibility index (Phi) is 1.57. The van der Waals surface area contributed by atoms with Gasteiger partial charge < -0.3 is 10.2 Å². The number of hydrogen-bond donors (Lipinski definition) is 2. The molecule has 2 N–H and O–H groups in total. The summed E-state index contributed by atoms with van der Waals surface area (Å²) in [7, 11) is 0. The number of thioether (sulfide) groups is 1. The third-order valence-corrected chi connectivity index (χ3v) is 2.18. The summed E-state index contributed by atoms with van der Waals surface area (Å²) < 4.78 is 0. The van der Waals surface area contributed by atoms with Crippen molar-refractivity contribution in [1.82, 2.24) is 0 Å².